The van der Waals surface area contributed by atoms with Gasteiger partial charge in [-0.3, -0.25) is 0 Å². The van der Waals surface area contributed by atoms with E-state index in [1.165, 1.54) is 0 Å². The van der Waals surface area contributed by atoms with Crippen LogP contribution >= 0.6 is 0 Å². The van der Waals surface area contributed by atoms with Crippen LogP contribution in [-0.4, -0.2) is 17.1 Å². The number of anilines is 1. The van der Waals surface area contributed by atoms with Crippen LogP contribution in [0.5, 0.6) is 0 Å². The van der Waals surface area contributed by atoms with E-state index in [-0.39, 0.29) is 5.54 Å². The van der Waals surface area contributed by atoms with Gasteiger partial charge in [0.15, 0.2) is 0 Å². The second kappa shape index (κ2) is 5.63. The number of nitrogens with two attached hydrogens (primary N) is 1. The van der Waals surface area contributed by atoms with Crippen molar-refractivity contribution in [3.05, 3.63) is 48.6 Å². The average molecular weight is 269 g/mol. The van der Waals surface area contributed by atoms with Gasteiger partial charge in [0.25, 0.3) is 0 Å². The van der Waals surface area contributed by atoms with Crippen molar-refractivity contribution < 1.29 is 0 Å². The van der Waals surface area contributed by atoms with Crippen molar-refractivity contribution in [2.45, 2.75) is 32.9 Å². The molecule has 1 heterocycles. The lowest BCUT2D eigenvalue weighted by atomic mass is 10.0. The van der Waals surface area contributed by atoms with E-state index in [0.29, 0.717) is 6.54 Å². The summed E-state index contributed by atoms with van der Waals surface area (Å²) in [7, 11) is 0. The fraction of sp³-hybridized carbons (Fsp3) is 0.353. The van der Waals surface area contributed by atoms with Crippen LogP contribution in [-0.2, 0) is 6.54 Å². The fourth-order valence-electron chi connectivity index (χ4n) is 2.38. The number of aromatic nitrogens is 1. The van der Waals surface area contributed by atoms with Gasteiger partial charge in [0.05, 0.1) is 5.52 Å². The molecule has 0 aliphatic rings. The lowest BCUT2D eigenvalue weighted by Gasteiger charge is -2.36. The Bertz CT molecular complexity index is 611. The van der Waals surface area contributed by atoms with Crippen molar-refractivity contribution >= 4 is 16.7 Å². The molecule has 1 aromatic carbocycles. The molecule has 2 aromatic rings. The summed E-state index contributed by atoms with van der Waals surface area (Å²) in [6.07, 6.45) is 1.91. The van der Waals surface area contributed by atoms with E-state index in [0.717, 1.165) is 28.8 Å². The van der Waals surface area contributed by atoms with E-state index in [1.807, 2.05) is 24.3 Å². The van der Waals surface area contributed by atoms with Crippen molar-refractivity contribution in [2.75, 3.05) is 11.4 Å². The van der Waals surface area contributed by atoms with Gasteiger partial charge in [-0.15, -0.1) is 6.58 Å². The zero-order chi connectivity index (χ0) is 14.8. The smallest absolute Gasteiger partial charge is 0.130 e. The van der Waals surface area contributed by atoms with E-state index in [2.05, 4.69) is 44.4 Å². The van der Waals surface area contributed by atoms with E-state index in [1.54, 1.807) is 0 Å². The first kappa shape index (κ1) is 14.5. The van der Waals surface area contributed by atoms with Crippen LogP contribution in [0.15, 0.2) is 43.0 Å². The lowest BCUT2D eigenvalue weighted by molar-refractivity contribution is 0.518. The van der Waals surface area contributed by atoms with Crippen LogP contribution in [0.1, 0.15) is 26.3 Å². The molecule has 3 nitrogen and oxygen atoms in total. The predicted molar refractivity (Wildman–Crippen MR) is 86.9 cm³/mol. The maximum Gasteiger partial charge on any atom is 0.130 e. The molecule has 2 rings (SSSR count). The first-order valence-electron chi connectivity index (χ1n) is 6.94. The van der Waals surface area contributed by atoms with E-state index >= 15 is 0 Å². The summed E-state index contributed by atoms with van der Waals surface area (Å²) >= 11 is 0. The Labute approximate surface area is 121 Å². The molecule has 0 saturated heterocycles. The summed E-state index contributed by atoms with van der Waals surface area (Å²) < 4.78 is 0. The maximum atomic E-state index is 5.90. The first-order chi connectivity index (χ1) is 9.47. The van der Waals surface area contributed by atoms with Crippen molar-refractivity contribution in [3.8, 4) is 0 Å². The van der Waals surface area contributed by atoms with Gasteiger partial charge in [-0.1, -0.05) is 24.3 Å². The maximum absolute atomic E-state index is 5.90. The number of fused-ring (bicyclic) bond motifs is 1. The average Bonchev–Trinajstić information content (AvgIpc) is 2.42. The third-order valence-electron chi connectivity index (χ3n) is 3.41. The molecule has 0 bridgehead atoms. The number of pyridine rings is 1. The fourth-order valence-corrected chi connectivity index (χ4v) is 2.38. The summed E-state index contributed by atoms with van der Waals surface area (Å²) in [6, 6.07) is 10.2. The van der Waals surface area contributed by atoms with Crippen LogP contribution in [0.25, 0.3) is 10.9 Å². The molecule has 0 fully saturated rings. The highest BCUT2D eigenvalue weighted by atomic mass is 15.2. The second-order valence-electron chi connectivity index (χ2n) is 5.93. The number of hydrogen-bond acceptors (Lipinski definition) is 3. The highest BCUT2D eigenvalue weighted by molar-refractivity contribution is 5.84. The minimum absolute atomic E-state index is 0.0183. The summed E-state index contributed by atoms with van der Waals surface area (Å²) in [5, 5.41) is 1.13. The van der Waals surface area contributed by atoms with Gasteiger partial charge in [0.1, 0.15) is 5.82 Å². The van der Waals surface area contributed by atoms with Crippen LogP contribution < -0.4 is 10.6 Å². The summed E-state index contributed by atoms with van der Waals surface area (Å²) in [6.45, 7) is 11.7. The number of para-hydroxylation sites is 1. The molecule has 0 saturated carbocycles. The van der Waals surface area contributed by atoms with Crippen molar-refractivity contribution in [2.24, 2.45) is 5.73 Å². The molecule has 0 atom stereocenters. The number of nitrogens with zero attached hydrogens (tertiary/aromatic N) is 2. The van der Waals surface area contributed by atoms with Crippen molar-refractivity contribution in [1.82, 2.24) is 4.98 Å². The van der Waals surface area contributed by atoms with Gasteiger partial charge < -0.3 is 10.6 Å². The minimum atomic E-state index is -0.0183. The molecule has 0 unspecified atom stereocenters. The normalized spacial score (nSPS) is 11.6. The van der Waals surface area contributed by atoms with Gasteiger partial charge in [0.2, 0.25) is 0 Å². The van der Waals surface area contributed by atoms with E-state index in [4.69, 9.17) is 10.7 Å². The Morgan fingerprint density at radius 2 is 2.00 bits per heavy atom. The van der Waals surface area contributed by atoms with Crippen LogP contribution in [0.4, 0.5) is 5.82 Å². The third-order valence-corrected chi connectivity index (χ3v) is 3.41. The van der Waals surface area contributed by atoms with Crippen molar-refractivity contribution in [3.63, 3.8) is 0 Å². The van der Waals surface area contributed by atoms with Gasteiger partial charge >= 0.3 is 0 Å². The third kappa shape index (κ3) is 2.83. The van der Waals surface area contributed by atoms with Crippen molar-refractivity contribution in [1.29, 1.82) is 0 Å². The van der Waals surface area contributed by atoms with Crippen LogP contribution in [0.2, 0.25) is 0 Å². The Balaban J connectivity index is 2.61. The predicted octanol–water partition coefficient (Wildman–Crippen LogP) is 3.48. The number of benzene rings is 1. The Kier molecular flexibility index (Phi) is 4.09. The molecule has 20 heavy (non-hydrogen) atoms. The minimum Gasteiger partial charge on any atom is -0.348 e. The van der Waals surface area contributed by atoms with Gasteiger partial charge in [-0.05, 0) is 38.5 Å². The molecule has 0 radical (unpaired) electrons. The van der Waals surface area contributed by atoms with E-state index < -0.39 is 0 Å². The van der Waals surface area contributed by atoms with Crippen LogP contribution in [0.3, 0.4) is 0 Å². The molecule has 2 N–H and O–H groups in total. The topological polar surface area (TPSA) is 42.1 Å². The molecule has 0 aliphatic heterocycles. The second-order valence-corrected chi connectivity index (χ2v) is 5.93. The SMILES string of the molecule is C=CCN(c1cc(CN)c2ccccc2n1)C(C)(C)C. The molecule has 3 heteroatoms. The molecule has 0 aliphatic carbocycles. The summed E-state index contributed by atoms with van der Waals surface area (Å²) in [4.78, 5) is 7.03. The van der Waals surface area contributed by atoms with Gasteiger partial charge in [-0.2, -0.15) is 0 Å². The summed E-state index contributed by atoms with van der Waals surface area (Å²) in [5.41, 5.74) is 8.00. The van der Waals surface area contributed by atoms with Gasteiger partial charge in [0, 0.05) is 24.0 Å². The molecular weight excluding hydrogens is 246 g/mol. The highest BCUT2D eigenvalue weighted by Gasteiger charge is 2.22. The van der Waals surface area contributed by atoms with Crippen LogP contribution in [0, 0.1) is 0 Å². The Morgan fingerprint density at radius 1 is 1.30 bits per heavy atom. The zero-order valence-corrected chi connectivity index (χ0v) is 12.6. The zero-order valence-electron chi connectivity index (χ0n) is 12.6. The standard InChI is InChI=1S/C17H23N3/c1-5-10-20(17(2,3)4)16-11-13(12-18)14-8-6-7-9-15(14)19-16/h5-9,11H,1,10,12,18H2,2-4H3. The molecule has 0 spiro atoms. The quantitative estimate of drug-likeness (QED) is 0.864. The number of rotatable bonds is 4. The first-order valence-corrected chi connectivity index (χ1v) is 6.94. The Hall–Kier alpha value is -1.87. The number of hydrogen-bond donors (Lipinski definition) is 1. The molecule has 1 aromatic heterocycles. The van der Waals surface area contributed by atoms with Gasteiger partial charge in [-0.25, -0.2) is 4.98 Å². The highest BCUT2D eigenvalue weighted by Crippen LogP contribution is 2.27. The summed E-state index contributed by atoms with van der Waals surface area (Å²) in [5.74, 6) is 0.955. The molecule has 0 amide bonds. The monoisotopic (exact) mass is 269 g/mol. The lowest BCUT2D eigenvalue weighted by Crippen LogP contribution is -2.42. The largest absolute Gasteiger partial charge is 0.348 e. The Morgan fingerprint density at radius 3 is 2.60 bits per heavy atom. The molecular formula is C17H23N3. The molecule has 106 valence electrons. The van der Waals surface area contributed by atoms with E-state index in [9.17, 15) is 0 Å².